The summed E-state index contributed by atoms with van der Waals surface area (Å²) < 4.78 is 25.9. The van der Waals surface area contributed by atoms with Crippen molar-refractivity contribution < 1.29 is 13.3 Å². The Kier molecular flexibility index (Phi) is 4.06. The van der Waals surface area contributed by atoms with Gasteiger partial charge in [0.1, 0.15) is 0 Å². The van der Waals surface area contributed by atoms with Crippen molar-refractivity contribution in [3.8, 4) is 12.3 Å². The number of nitro benzene ring substituents is 1. The quantitative estimate of drug-likeness (QED) is 0.505. The minimum atomic E-state index is -3.84. The molecule has 0 amide bonds. The van der Waals surface area contributed by atoms with Gasteiger partial charge in [-0.3, -0.25) is 10.1 Å². The molecule has 0 aromatic heterocycles. The van der Waals surface area contributed by atoms with Crippen molar-refractivity contribution in [3.63, 3.8) is 0 Å². The summed E-state index contributed by atoms with van der Waals surface area (Å²) in [6, 6.07) is 3.01. The van der Waals surface area contributed by atoms with Crippen LogP contribution in [0.1, 0.15) is 12.5 Å². The molecule has 1 aromatic carbocycles. The van der Waals surface area contributed by atoms with Gasteiger partial charge >= 0.3 is 0 Å². The van der Waals surface area contributed by atoms with E-state index in [0.717, 1.165) is 6.07 Å². The van der Waals surface area contributed by atoms with Gasteiger partial charge in [0.25, 0.3) is 5.69 Å². The Morgan fingerprint density at radius 3 is 2.61 bits per heavy atom. The number of rotatable bonds is 4. The predicted molar refractivity (Wildman–Crippen MR) is 66.4 cm³/mol. The van der Waals surface area contributed by atoms with Crippen molar-refractivity contribution in [1.29, 1.82) is 0 Å². The second-order valence-electron chi connectivity index (χ2n) is 3.72. The predicted octanol–water partition coefficient (Wildman–Crippen LogP) is 1.20. The number of aryl methyl sites for hydroxylation is 1. The number of hydrogen-bond donors (Lipinski definition) is 1. The second-order valence-corrected chi connectivity index (χ2v) is 5.43. The van der Waals surface area contributed by atoms with Gasteiger partial charge in [-0.25, -0.2) is 8.42 Å². The molecule has 1 N–H and O–H groups in total. The molecule has 1 rings (SSSR count). The lowest BCUT2D eigenvalue weighted by atomic mass is 10.2. The highest BCUT2D eigenvalue weighted by atomic mass is 32.2. The van der Waals surface area contributed by atoms with E-state index in [-0.39, 0.29) is 10.6 Å². The Morgan fingerprint density at radius 1 is 1.50 bits per heavy atom. The minimum absolute atomic E-state index is 0.179. The van der Waals surface area contributed by atoms with Gasteiger partial charge < -0.3 is 0 Å². The maximum absolute atomic E-state index is 11.9. The van der Waals surface area contributed by atoms with Crippen molar-refractivity contribution in [2.24, 2.45) is 0 Å². The second kappa shape index (κ2) is 5.16. The molecule has 18 heavy (non-hydrogen) atoms. The summed E-state index contributed by atoms with van der Waals surface area (Å²) in [7, 11) is -3.84. The van der Waals surface area contributed by atoms with E-state index in [1.54, 1.807) is 0 Å². The van der Waals surface area contributed by atoms with E-state index in [1.807, 2.05) is 0 Å². The molecule has 1 atom stereocenters. The van der Waals surface area contributed by atoms with E-state index in [4.69, 9.17) is 6.42 Å². The zero-order valence-corrected chi connectivity index (χ0v) is 10.7. The summed E-state index contributed by atoms with van der Waals surface area (Å²) in [6.07, 6.45) is 5.07. The first-order chi connectivity index (χ1) is 8.27. The number of hydrogen-bond acceptors (Lipinski definition) is 4. The molecule has 0 heterocycles. The third-order valence-electron chi connectivity index (χ3n) is 2.27. The minimum Gasteiger partial charge on any atom is -0.258 e. The van der Waals surface area contributed by atoms with Crippen LogP contribution in [-0.2, 0) is 10.0 Å². The largest absolute Gasteiger partial charge is 0.273 e. The summed E-state index contributed by atoms with van der Waals surface area (Å²) in [5.41, 5.74) is 0.148. The van der Waals surface area contributed by atoms with Crippen LogP contribution in [0, 0.1) is 29.4 Å². The van der Waals surface area contributed by atoms with Gasteiger partial charge in [-0.1, -0.05) is 12.0 Å². The normalized spacial score (nSPS) is 12.7. The molecule has 0 fully saturated rings. The lowest BCUT2D eigenvalue weighted by molar-refractivity contribution is -0.385. The summed E-state index contributed by atoms with van der Waals surface area (Å²) in [6.45, 7) is 3.03. The maximum Gasteiger partial charge on any atom is 0.273 e. The van der Waals surface area contributed by atoms with Crippen molar-refractivity contribution in [1.82, 2.24) is 4.72 Å². The van der Waals surface area contributed by atoms with Crippen LogP contribution in [0.4, 0.5) is 5.69 Å². The number of benzene rings is 1. The van der Waals surface area contributed by atoms with Gasteiger partial charge in [-0.05, 0) is 19.9 Å². The fraction of sp³-hybridized carbons (Fsp3) is 0.273. The van der Waals surface area contributed by atoms with E-state index in [9.17, 15) is 18.5 Å². The van der Waals surface area contributed by atoms with Crippen LogP contribution in [0.15, 0.2) is 23.1 Å². The summed E-state index contributed by atoms with van der Waals surface area (Å²) in [4.78, 5) is 9.93. The summed E-state index contributed by atoms with van der Waals surface area (Å²) >= 11 is 0. The van der Waals surface area contributed by atoms with Gasteiger partial charge in [0, 0.05) is 11.6 Å². The molecule has 0 aliphatic heterocycles. The molecule has 0 spiro atoms. The molecular formula is C11H12N2O4S. The van der Waals surface area contributed by atoms with Crippen LogP contribution in [0.5, 0.6) is 0 Å². The highest BCUT2D eigenvalue weighted by molar-refractivity contribution is 7.89. The fourth-order valence-corrected chi connectivity index (χ4v) is 2.47. The van der Waals surface area contributed by atoms with Crippen LogP contribution in [0.3, 0.4) is 0 Å². The van der Waals surface area contributed by atoms with Crippen molar-refractivity contribution in [2.75, 3.05) is 0 Å². The lowest BCUT2D eigenvalue weighted by Gasteiger charge is -2.09. The topological polar surface area (TPSA) is 89.3 Å². The molecular weight excluding hydrogens is 256 g/mol. The molecule has 6 nitrogen and oxygen atoms in total. The first kappa shape index (κ1) is 14.2. The lowest BCUT2D eigenvalue weighted by Crippen LogP contribution is -2.31. The van der Waals surface area contributed by atoms with Crippen LogP contribution in [0.25, 0.3) is 0 Å². The third-order valence-corrected chi connectivity index (χ3v) is 3.81. The molecule has 7 heteroatoms. The number of nitrogens with one attached hydrogen (secondary N) is 1. The van der Waals surface area contributed by atoms with E-state index in [0.29, 0.717) is 5.56 Å². The first-order valence-electron chi connectivity index (χ1n) is 5.01. The molecule has 0 aliphatic rings. The third kappa shape index (κ3) is 3.06. The van der Waals surface area contributed by atoms with Gasteiger partial charge in [0.2, 0.25) is 10.0 Å². The van der Waals surface area contributed by atoms with Gasteiger partial charge in [-0.15, -0.1) is 6.42 Å². The van der Waals surface area contributed by atoms with Crippen molar-refractivity contribution in [3.05, 3.63) is 33.9 Å². The fourth-order valence-electron chi connectivity index (χ4n) is 1.29. The van der Waals surface area contributed by atoms with Crippen LogP contribution in [-0.4, -0.2) is 19.4 Å². The summed E-state index contributed by atoms with van der Waals surface area (Å²) in [5, 5.41) is 10.7. The zero-order valence-electron chi connectivity index (χ0n) is 9.88. The van der Waals surface area contributed by atoms with Gasteiger partial charge in [0.05, 0.1) is 15.9 Å². The first-order valence-corrected chi connectivity index (χ1v) is 6.49. The Morgan fingerprint density at radius 2 is 2.11 bits per heavy atom. The average molecular weight is 268 g/mol. The highest BCUT2D eigenvalue weighted by Gasteiger charge is 2.20. The van der Waals surface area contributed by atoms with Crippen molar-refractivity contribution in [2.45, 2.75) is 24.8 Å². The standard InChI is InChI=1S/C11H12N2O4S/c1-4-9(3)12-18(16,17)10-6-5-8(2)11(7-10)13(14)15/h1,5-7,9,12H,2-3H3. The SMILES string of the molecule is C#CC(C)NS(=O)(=O)c1ccc(C)c([N+](=O)[O-])c1. The van der Waals surface area contributed by atoms with Gasteiger partial charge in [-0.2, -0.15) is 4.72 Å². The van der Waals surface area contributed by atoms with Gasteiger partial charge in [0.15, 0.2) is 0 Å². The monoisotopic (exact) mass is 268 g/mol. The van der Waals surface area contributed by atoms with E-state index >= 15 is 0 Å². The summed E-state index contributed by atoms with van der Waals surface area (Å²) in [5.74, 6) is 2.22. The molecule has 0 bridgehead atoms. The molecule has 96 valence electrons. The molecule has 1 aromatic rings. The van der Waals surface area contributed by atoms with E-state index in [2.05, 4.69) is 10.6 Å². The number of nitro groups is 1. The zero-order chi connectivity index (χ0) is 13.9. The van der Waals surface area contributed by atoms with Crippen LogP contribution >= 0.6 is 0 Å². The Labute approximate surface area is 105 Å². The molecule has 0 saturated carbocycles. The maximum atomic E-state index is 11.9. The molecule has 1 unspecified atom stereocenters. The van der Waals surface area contributed by atoms with Crippen molar-refractivity contribution >= 4 is 15.7 Å². The Bertz CT molecular complexity index is 616. The van der Waals surface area contributed by atoms with Crippen LogP contribution < -0.4 is 4.72 Å². The number of terminal acetylenes is 1. The average Bonchev–Trinajstić information content (AvgIpc) is 2.28. The molecule has 0 saturated heterocycles. The highest BCUT2D eigenvalue weighted by Crippen LogP contribution is 2.22. The number of sulfonamides is 1. The molecule has 0 aliphatic carbocycles. The smallest absolute Gasteiger partial charge is 0.258 e. The van der Waals surface area contributed by atoms with E-state index < -0.39 is 21.0 Å². The Hall–Kier alpha value is -1.91. The number of nitrogens with zero attached hydrogens (tertiary/aromatic N) is 1. The van der Waals surface area contributed by atoms with Crippen LogP contribution in [0.2, 0.25) is 0 Å². The Balaban J connectivity index is 3.23. The molecule has 0 radical (unpaired) electrons. The van der Waals surface area contributed by atoms with E-state index in [1.165, 1.54) is 26.0 Å².